The van der Waals surface area contributed by atoms with Gasteiger partial charge in [0, 0.05) is 29.4 Å². The fourth-order valence-electron chi connectivity index (χ4n) is 4.70. The third-order valence-corrected chi connectivity index (χ3v) is 6.60. The molecule has 2 aliphatic rings. The number of aromatic nitrogens is 2. The third kappa shape index (κ3) is 4.67. The molecule has 1 spiro atoms. The summed E-state index contributed by atoms with van der Waals surface area (Å²) in [7, 11) is 0. The third-order valence-electron chi connectivity index (χ3n) is 6.35. The highest BCUT2D eigenvalue weighted by molar-refractivity contribution is 6.30. The zero-order chi connectivity index (χ0) is 23.0. The molecule has 172 valence electrons. The summed E-state index contributed by atoms with van der Waals surface area (Å²) in [6.07, 6.45) is 1.99. The monoisotopic (exact) mass is 467 g/mol. The van der Waals surface area contributed by atoms with Gasteiger partial charge in [-0.25, -0.2) is 9.78 Å². The van der Waals surface area contributed by atoms with Crippen molar-refractivity contribution in [2.24, 2.45) is 0 Å². The fraction of sp³-hybridized carbons (Fsp3) is 0.375. The van der Waals surface area contributed by atoms with Gasteiger partial charge in [-0.15, -0.1) is 0 Å². The van der Waals surface area contributed by atoms with Crippen LogP contribution in [0.15, 0.2) is 42.5 Å². The molecule has 33 heavy (non-hydrogen) atoms. The zero-order valence-electron chi connectivity index (χ0n) is 18.4. The number of imidazole rings is 1. The Kier molecular flexibility index (Phi) is 5.72. The van der Waals surface area contributed by atoms with E-state index < -0.39 is 5.60 Å². The van der Waals surface area contributed by atoms with Crippen LogP contribution in [0.2, 0.25) is 5.02 Å². The van der Waals surface area contributed by atoms with Crippen LogP contribution in [0.1, 0.15) is 25.1 Å². The van der Waals surface area contributed by atoms with E-state index in [0.717, 1.165) is 47.6 Å². The molecule has 0 unspecified atom stereocenters. The number of nitrogens with zero attached hydrogens (tertiary/aromatic N) is 3. The molecule has 0 aliphatic carbocycles. The molecule has 1 atom stereocenters. The average Bonchev–Trinajstić information content (AvgIpc) is 3.23. The van der Waals surface area contributed by atoms with Gasteiger partial charge in [-0.2, -0.15) is 0 Å². The minimum Gasteiger partial charge on any atom is -0.441 e. The largest absolute Gasteiger partial charge is 0.441 e. The van der Waals surface area contributed by atoms with Crippen molar-refractivity contribution in [1.29, 1.82) is 0 Å². The molecule has 2 N–H and O–H groups in total. The first-order valence-corrected chi connectivity index (χ1v) is 11.5. The minimum atomic E-state index is -0.522. The quantitative estimate of drug-likeness (QED) is 0.595. The molecule has 0 saturated carbocycles. The van der Waals surface area contributed by atoms with Crippen LogP contribution in [0.5, 0.6) is 0 Å². The first-order chi connectivity index (χ1) is 15.9. The van der Waals surface area contributed by atoms with Gasteiger partial charge in [0.1, 0.15) is 11.4 Å². The van der Waals surface area contributed by atoms with Gasteiger partial charge in [0.2, 0.25) is 5.91 Å². The van der Waals surface area contributed by atoms with Gasteiger partial charge in [-0.05, 0) is 68.8 Å². The number of benzene rings is 2. The van der Waals surface area contributed by atoms with E-state index in [1.807, 2.05) is 37.3 Å². The number of halogens is 1. The highest BCUT2D eigenvalue weighted by Crippen LogP contribution is 2.36. The summed E-state index contributed by atoms with van der Waals surface area (Å²) in [5.74, 6) is 0.780. The Morgan fingerprint density at radius 1 is 1.21 bits per heavy atom. The summed E-state index contributed by atoms with van der Waals surface area (Å²) in [4.78, 5) is 36.6. The van der Waals surface area contributed by atoms with Gasteiger partial charge in [0.15, 0.2) is 0 Å². The van der Waals surface area contributed by atoms with E-state index in [4.69, 9.17) is 16.3 Å². The van der Waals surface area contributed by atoms with Gasteiger partial charge in [0.25, 0.3) is 0 Å². The van der Waals surface area contributed by atoms with Gasteiger partial charge in [-0.3, -0.25) is 14.6 Å². The van der Waals surface area contributed by atoms with Crippen LogP contribution in [-0.4, -0.2) is 58.6 Å². The Labute approximate surface area is 196 Å². The van der Waals surface area contributed by atoms with Gasteiger partial charge >= 0.3 is 6.09 Å². The molecule has 0 radical (unpaired) electrons. The van der Waals surface area contributed by atoms with E-state index in [9.17, 15) is 9.59 Å². The number of hydrogen-bond donors (Lipinski definition) is 2. The van der Waals surface area contributed by atoms with Crippen molar-refractivity contribution in [2.45, 2.75) is 31.8 Å². The van der Waals surface area contributed by atoms with Gasteiger partial charge < -0.3 is 15.0 Å². The lowest BCUT2D eigenvalue weighted by Gasteiger charge is -2.25. The minimum absolute atomic E-state index is 0.0623. The van der Waals surface area contributed by atoms with Crippen molar-refractivity contribution in [2.75, 3.05) is 36.4 Å². The van der Waals surface area contributed by atoms with Crippen molar-refractivity contribution in [1.82, 2.24) is 14.9 Å². The van der Waals surface area contributed by atoms with Crippen LogP contribution in [0.3, 0.4) is 0 Å². The molecule has 2 fully saturated rings. The summed E-state index contributed by atoms with van der Waals surface area (Å²) < 4.78 is 5.88. The van der Waals surface area contributed by atoms with E-state index in [1.54, 1.807) is 17.0 Å². The second-order valence-electron chi connectivity index (χ2n) is 8.85. The molecular weight excluding hydrogens is 442 g/mol. The van der Waals surface area contributed by atoms with Crippen LogP contribution < -0.4 is 10.2 Å². The van der Waals surface area contributed by atoms with E-state index in [0.29, 0.717) is 31.1 Å². The zero-order valence-corrected chi connectivity index (χ0v) is 19.2. The fourth-order valence-corrected chi connectivity index (χ4v) is 4.83. The van der Waals surface area contributed by atoms with Gasteiger partial charge in [0.05, 0.1) is 24.1 Å². The molecule has 0 bridgehead atoms. The van der Waals surface area contributed by atoms with Crippen molar-refractivity contribution in [3.05, 3.63) is 53.3 Å². The lowest BCUT2D eigenvalue weighted by Crippen LogP contribution is -2.37. The molecule has 2 aliphatic heterocycles. The van der Waals surface area contributed by atoms with E-state index in [1.165, 1.54) is 0 Å². The van der Waals surface area contributed by atoms with Crippen molar-refractivity contribution < 1.29 is 14.3 Å². The lowest BCUT2D eigenvalue weighted by atomic mass is 9.95. The second kappa shape index (κ2) is 8.68. The topological polar surface area (TPSA) is 90.6 Å². The van der Waals surface area contributed by atoms with Crippen LogP contribution in [0, 0.1) is 6.92 Å². The number of amides is 2. The Bertz CT molecular complexity index is 1190. The maximum atomic E-state index is 12.7. The lowest BCUT2D eigenvalue weighted by molar-refractivity contribution is -0.117. The number of aryl methyl sites for hydroxylation is 1. The van der Waals surface area contributed by atoms with Crippen LogP contribution in [-0.2, 0) is 9.53 Å². The molecule has 1 aromatic heterocycles. The predicted molar refractivity (Wildman–Crippen MR) is 128 cm³/mol. The van der Waals surface area contributed by atoms with E-state index in [2.05, 4.69) is 20.2 Å². The van der Waals surface area contributed by atoms with Gasteiger partial charge in [-0.1, -0.05) is 11.6 Å². The normalized spacial score (nSPS) is 21.4. The number of hydrogen-bond acceptors (Lipinski definition) is 5. The molecule has 3 heterocycles. The predicted octanol–water partition coefficient (Wildman–Crippen LogP) is 4.34. The maximum Gasteiger partial charge on any atom is 0.415 e. The van der Waals surface area contributed by atoms with E-state index in [-0.39, 0.29) is 12.0 Å². The van der Waals surface area contributed by atoms with Crippen LogP contribution >= 0.6 is 11.6 Å². The SMILES string of the molecule is Cc1nc2ccc(NC(=O)CN3CCC[C@]4(CC3)CN(c3ccc(Cl)cc3)C(=O)O4)cc2[nH]1. The van der Waals surface area contributed by atoms with Crippen LogP contribution in [0.25, 0.3) is 11.0 Å². The van der Waals surface area contributed by atoms with E-state index >= 15 is 0 Å². The molecule has 8 nitrogen and oxygen atoms in total. The highest BCUT2D eigenvalue weighted by atomic mass is 35.5. The Balaban J connectivity index is 1.19. The Morgan fingerprint density at radius 2 is 2.03 bits per heavy atom. The average molecular weight is 468 g/mol. The molecule has 2 saturated heterocycles. The molecule has 2 amide bonds. The standard InChI is InChI=1S/C24H26ClN5O3/c1-16-26-20-8-5-18(13-21(20)27-16)28-22(31)14-29-11-2-9-24(10-12-29)15-30(23(32)33-24)19-6-3-17(25)4-7-19/h3-8,13H,2,9-12,14-15H2,1H3,(H,26,27)(H,28,31)/t24-/m0/s1. The van der Waals surface area contributed by atoms with Crippen molar-refractivity contribution >= 4 is 46.0 Å². The second-order valence-corrected chi connectivity index (χ2v) is 9.28. The summed E-state index contributed by atoms with van der Waals surface area (Å²) in [6, 6.07) is 12.9. The molecule has 5 rings (SSSR count). The summed E-state index contributed by atoms with van der Waals surface area (Å²) in [6.45, 7) is 4.18. The number of likely N-dealkylation sites (tertiary alicyclic amines) is 1. The number of nitrogens with one attached hydrogen (secondary N) is 2. The summed E-state index contributed by atoms with van der Waals surface area (Å²) >= 11 is 5.98. The number of fused-ring (bicyclic) bond motifs is 1. The number of carbonyl (C=O) groups excluding carboxylic acids is 2. The maximum absolute atomic E-state index is 12.7. The first-order valence-electron chi connectivity index (χ1n) is 11.1. The summed E-state index contributed by atoms with van der Waals surface area (Å²) in [5, 5.41) is 3.61. The number of carbonyl (C=O) groups is 2. The first kappa shape index (κ1) is 21.7. The molecule has 3 aromatic rings. The number of ether oxygens (including phenoxy) is 1. The molecule has 9 heteroatoms. The Hall–Kier alpha value is -3.10. The number of rotatable bonds is 4. The number of aromatic amines is 1. The molecular formula is C24H26ClN5O3. The number of H-pyrrole nitrogens is 1. The highest BCUT2D eigenvalue weighted by Gasteiger charge is 2.46. The van der Waals surface area contributed by atoms with Crippen molar-refractivity contribution in [3.63, 3.8) is 0 Å². The number of anilines is 2. The van der Waals surface area contributed by atoms with Crippen molar-refractivity contribution in [3.8, 4) is 0 Å². The van der Waals surface area contributed by atoms with Crippen LogP contribution in [0.4, 0.5) is 16.2 Å². The smallest absolute Gasteiger partial charge is 0.415 e. The Morgan fingerprint density at radius 3 is 2.85 bits per heavy atom. The summed E-state index contributed by atoms with van der Waals surface area (Å²) in [5.41, 5.74) is 2.78. The molecule has 2 aromatic carbocycles.